The van der Waals surface area contributed by atoms with E-state index in [0.29, 0.717) is 0 Å². The van der Waals surface area contributed by atoms with Crippen molar-refractivity contribution in [2.45, 2.75) is 18.2 Å². The summed E-state index contributed by atoms with van der Waals surface area (Å²) in [5, 5.41) is 0. The summed E-state index contributed by atoms with van der Waals surface area (Å²) in [4.78, 5) is 20.7. The Balaban J connectivity index is 2.28. The fraction of sp³-hybridized carbons (Fsp3) is 0.214. The van der Waals surface area contributed by atoms with Gasteiger partial charge < -0.3 is 0 Å². The van der Waals surface area contributed by atoms with Crippen LogP contribution in [-0.4, -0.2) is 28.7 Å². The number of aromatic nitrogens is 3. The molecule has 114 valence electrons. The third-order valence-electron chi connectivity index (χ3n) is 3.32. The highest BCUT2D eigenvalue weighted by molar-refractivity contribution is 7.93. The number of nitrogens with zero attached hydrogens (tertiary/aromatic N) is 3. The molecule has 0 saturated heterocycles. The van der Waals surface area contributed by atoms with Crippen molar-refractivity contribution in [3.63, 3.8) is 0 Å². The van der Waals surface area contributed by atoms with Crippen LogP contribution in [0.2, 0.25) is 0 Å². The predicted octanol–water partition coefficient (Wildman–Crippen LogP) is 1.94. The van der Waals surface area contributed by atoms with Crippen molar-refractivity contribution in [3.05, 3.63) is 46.5 Å². The molecule has 0 radical (unpaired) electrons. The van der Waals surface area contributed by atoms with Gasteiger partial charge in [0.25, 0.3) is 5.56 Å². The van der Waals surface area contributed by atoms with Crippen LogP contribution < -0.4 is 5.56 Å². The third kappa shape index (κ3) is 2.34. The summed E-state index contributed by atoms with van der Waals surface area (Å²) in [6.45, 7) is 3.44. The van der Waals surface area contributed by atoms with Crippen LogP contribution in [0, 0.1) is 6.92 Å². The quantitative estimate of drug-likeness (QED) is 0.730. The van der Waals surface area contributed by atoms with E-state index in [1.54, 1.807) is 6.92 Å². The van der Waals surface area contributed by atoms with Crippen LogP contribution in [-0.2, 0) is 9.84 Å². The van der Waals surface area contributed by atoms with Gasteiger partial charge in [-0.05, 0) is 18.6 Å². The lowest BCUT2D eigenvalue weighted by Gasteiger charge is -2.07. The van der Waals surface area contributed by atoms with E-state index in [2.05, 4.69) is 9.97 Å². The molecule has 2 heterocycles. The molecule has 0 aliphatic heterocycles. The standard InChI is InChI=1S/C14H13N3O3S2/c1-3-22(19,20)14-16-12-11(21-14)13(18)17(8-15-12)10-7-5-4-6-9(10)2/h4-8H,3H2,1-2H3. The number of rotatable bonds is 3. The Morgan fingerprint density at radius 1 is 1.27 bits per heavy atom. The lowest BCUT2D eigenvalue weighted by molar-refractivity contribution is 0.596. The zero-order chi connectivity index (χ0) is 15.9. The molecule has 0 atom stereocenters. The second-order valence-corrected chi connectivity index (χ2v) is 8.19. The molecule has 0 amide bonds. The molecule has 3 rings (SSSR count). The molecule has 0 aliphatic rings. The molecule has 0 aliphatic carbocycles. The average Bonchev–Trinajstić information content (AvgIpc) is 2.95. The van der Waals surface area contributed by atoms with Gasteiger partial charge in [0.15, 0.2) is 5.65 Å². The molecule has 3 aromatic rings. The number of thiazole rings is 1. The van der Waals surface area contributed by atoms with E-state index < -0.39 is 9.84 Å². The van der Waals surface area contributed by atoms with E-state index in [0.717, 1.165) is 22.6 Å². The highest BCUT2D eigenvalue weighted by Crippen LogP contribution is 2.23. The van der Waals surface area contributed by atoms with Gasteiger partial charge in [-0.3, -0.25) is 9.36 Å². The fourth-order valence-electron chi connectivity index (χ4n) is 2.06. The molecule has 0 unspecified atom stereocenters. The van der Waals surface area contributed by atoms with Crippen LogP contribution in [0.15, 0.2) is 39.7 Å². The monoisotopic (exact) mass is 335 g/mol. The molecule has 0 N–H and O–H groups in total. The molecule has 0 fully saturated rings. The van der Waals surface area contributed by atoms with Crippen LogP contribution in [0.25, 0.3) is 16.0 Å². The van der Waals surface area contributed by atoms with Crippen LogP contribution in [0.5, 0.6) is 0 Å². The van der Waals surface area contributed by atoms with Gasteiger partial charge in [0.1, 0.15) is 11.0 Å². The lowest BCUT2D eigenvalue weighted by Crippen LogP contribution is -2.18. The minimum absolute atomic E-state index is 0.0567. The molecule has 8 heteroatoms. The van der Waals surface area contributed by atoms with Crippen LogP contribution in [0.4, 0.5) is 0 Å². The van der Waals surface area contributed by atoms with Crippen molar-refractivity contribution >= 4 is 31.5 Å². The van der Waals surface area contributed by atoms with Crippen molar-refractivity contribution in [2.24, 2.45) is 0 Å². The smallest absolute Gasteiger partial charge is 0.267 e. The van der Waals surface area contributed by atoms with Crippen LogP contribution in [0.1, 0.15) is 12.5 Å². The Morgan fingerprint density at radius 3 is 2.68 bits per heavy atom. The number of aryl methyl sites for hydroxylation is 1. The average molecular weight is 335 g/mol. The Morgan fingerprint density at radius 2 is 2.00 bits per heavy atom. The number of sulfone groups is 1. The minimum Gasteiger partial charge on any atom is -0.267 e. The van der Waals surface area contributed by atoms with Gasteiger partial charge in [-0.2, -0.15) is 0 Å². The van der Waals surface area contributed by atoms with E-state index in [4.69, 9.17) is 0 Å². The summed E-state index contributed by atoms with van der Waals surface area (Å²) in [5.74, 6) is -0.0567. The largest absolute Gasteiger partial charge is 0.277 e. The molecule has 2 aromatic heterocycles. The third-order valence-corrected chi connectivity index (χ3v) is 6.54. The predicted molar refractivity (Wildman–Crippen MR) is 85.5 cm³/mol. The maximum atomic E-state index is 12.6. The van der Waals surface area contributed by atoms with Crippen LogP contribution >= 0.6 is 11.3 Å². The number of hydrogen-bond donors (Lipinski definition) is 0. The van der Waals surface area contributed by atoms with Crippen LogP contribution in [0.3, 0.4) is 0 Å². The van der Waals surface area contributed by atoms with E-state index in [1.165, 1.54) is 10.9 Å². The summed E-state index contributed by atoms with van der Waals surface area (Å²) in [6, 6.07) is 7.42. The first-order chi connectivity index (χ1) is 10.4. The van der Waals surface area contributed by atoms with Gasteiger partial charge in [-0.1, -0.05) is 36.5 Å². The molecule has 0 saturated carbocycles. The lowest BCUT2D eigenvalue weighted by atomic mass is 10.2. The summed E-state index contributed by atoms with van der Waals surface area (Å²) < 4.78 is 25.4. The van der Waals surface area contributed by atoms with Gasteiger partial charge >= 0.3 is 0 Å². The van der Waals surface area contributed by atoms with Gasteiger partial charge in [-0.15, -0.1) is 0 Å². The first-order valence-corrected chi connectivity index (χ1v) is 9.08. The summed E-state index contributed by atoms with van der Waals surface area (Å²) in [6.07, 6.45) is 1.38. The van der Waals surface area contributed by atoms with Gasteiger partial charge in [-0.25, -0.2) is 18.4 Å². The number of benzene rings is 1. The Hall–Kier alpha value is -2.06. The molecule has 6 nitrogen and oxygen atoms in total. The van der Waals surface area contributed by atoms with Crippen molar-refractivity contribution in [2.75, 3.05) is 5.75 Å². The van der Waals surface area contributed by atoms with Crippen molar-refractivity contribution in [1.29, 1.82) is 0 Å². The molecule has 0 bridgehead atoms. The SMILES string of the molecule is CCS(=O)(=O)c1nc2ncn(-c3ccccc3C)c(=O)c2s1. The van der Waals surface area contributed by atoms with Crippen molar-refractivity contribution in [3.8, 4) is 5.69 Å². The summed E-state index contributed by atoms with van der Waals surface area (Å²) in [5.41, 5.74) is 1.51. The van der Waals surface area contributed by atoms with Crippen molar-refractivity contribution in [1.82, 2.24) is 14.5 Å². The van der Waals surface area contributed by atoms with Gasteiger partial charge in [0.2, 0.25) is 14.2 Å². The Labute approximate surface area is 131 Å². The highest BCUT2D eigenvalue weighted by atomic mass is 32.2. The summed E-state index contributed by atoms with van der Waals surface area (Å²) >= 11 is 0.875. The Bertz CT molecular complexity index is 1020. The second-order valence-electron chi connectivity index (χ2n) is 4.74. The fourth-order valence-corrected chi connectivity index (χ4v) is 4.32. The maximum Gasteiger partial charge on any atom is 0.277 e. The summed E-state index contributed by atoms with van der Waals surface area (Å²) in [7, 11) is -3.44. The Kier molecular flexibility index (Phi) is 3.57. The highest BCUT2D eigenvalue weighted by Gasteiger charge is 2.20. The number of hydrogen-bond acceptors (Lipinski definition) is 6. The van der Waals surface area contributed by atoms with Crippen molar-refractivity contribution < 1.29 is 8.42 Å². The van der Waals surface area contributed by atoms with Gasteiger partial charge in [0, 0.05) is 0 Å². The normalized spacial score (nSPS) is 11.9. The first kappa shape index (κ1) is 14.9. The van der Waals surface area contributed by atoms with Gasteiger partial charge in [0.05, 0.1) is 11.4 Å². The molecular weight excluding hydrogens is 322 g/mol. The number of fused-ring (bicyclic) bond motifs is 1. The van der Waals surface area contributed by atoms with E-state index in [-0.39, 0.29) is 26.0 Å². The minimum atomic E-state index is -3.44. The zero-order valence-electron chi connectivity index (χ0n) is 12.0. The topological polar surface area (TPSA) is 81.9 Å². The van der Waals surface area contributed by atoms with E-state index >= 15 is 0 Å². The molecule has 22 heavy (non-hydrogen) atoms. The van der Waals surface area contributed by atoms with E-state index in [1.807, 2.05) is 31.2 Å². The van der Waals surface area contributed by atoms with E-state index in [9.17, 15) is 13.2 Å². The second kappa shape index (κ2) is 5.29. The molecule has 1 aromatic carbocycles. The maximum absolute atomic E-state index is 12.6. The first-order valence-electron chi connectivity index (χ1n) is 6.61. The number of para-hydroxylation sites is 1. The zero-order valence-corrected chi connectivity index (χ0v) is 13.6. The molecule has 0 spiro atoms. The molecular formula is C14H13N3O3S2.